The highest BCUT2D eigenvalue weighted by molar-refractivity contribution is 5.35. The Kier molecular flexibility index (Phi) is 4.76. The minimum Gasteiger partial charge on any atom is -0.465 e. The first kappa shape index (κ1) is 17.8. The molecule has 134 valence electrons. The van der Waals surface area contributed by atoms with Gasteiger partial charge in [0.05, 0.1) is 13.1 Å². The number of hydrogen-bond donors (Lipinski definition) is 1. The minimum atomic E-state index is -1.32. The van der Waals surface area contributed by atoms with Crippen LogP contribution in [0.3, 0.4) is 0 Å². The van der Waals surface area contributed by atoms with Crippen molar-refractivity contribution in [1.82, 2.24) is 4.90 Å². The molecule has 25 heavy (non-hydrogen) atoms. The number of aliphatic hydroxyl groups is 1. The second kappa shape index (κ2) is 6.70. The zero-order valence-corrected chi connectivity index (χ0v) is 15.3. The Labute approximate surface area is 149 Å². The Hall–Kier alpha value is -2.04. The molecule has 1 N–H and O–H groups in total. The third kappa shape index (κ3) is 3.65. The van der Waals surface area contributed by atoms with Crippen molar-refractivity contribution in [3.8, 4) is 0 Å². The number of hydrogen-bond acceptors (Lipinski definition) is 4. The van der Waals surface area contributed by atoms with Gasteiger partial charge in [-0.2, -0.15) is 0 Å². The lowest BCUT2D eigenvalue weighted by atomic mass is 9.87. The van der Waals surface area contributed by atoms with E-state index < -0.39 is 5.60 Å². The molecule has 0 bridgehead atoms. The standard InChI is InChI=1S/C21H27NO3/c1-14(2)21(23,15(3)4)20-11-10-19(25-20)13-22(17-7-8-17)12-18-9-6-16(5)24-18/h6,9-11,17,23H,1,3,7-8,12-13H2,2,4-5H3. The summed E-state index contributed by atoms with van der Waals surface area (Å²) >= 11 is 0. The van der Waals surface area contributed by atoms with Crippen molar-refractivity contribution in [3.63, 3.8) is 0 Å². The Morgan fingerprint density at radius 3 is 2.12 bits per heavy atom. The van der Waals surface area contributed by atoms with E-state index in [2.05, 4.69) is 18.1 Å². The summed E-state index contributed by atoms with van der Waals surface area (Å²) in [5, 5.41) is 10.9. The molecule has 2 heterocycles. The number of nitrogens with zero attached hydrogens (tertiary/aromatic N) is 1. The van der Waals surface area contributed by atoms with Gasteiger partial charge in [0, 0.05) is 6.04 Å². The summed E-state index contributed by atoms with van der Waals surface area (Å²) in [6, 6.07) is 8.33. The van der Waals surface area contributed by atoms with Gasteiger partial charge in [0.25, 0.3) is 0 Å². The van der Waals surface area contributed by atoms with Crippen LogP contribution in [0.2, 0.25) is 0 Å². The van der Waals surface area contributed by atoms with Crippen molar-refractivity contribution in [2.24, 2.45) is 0 Å². The maximum absolute atomic E-state index is 10.9. The maximum Gasteiger partial charge on any atom is 0.163 e. The highest BCUT2D eigenvalue weighted by Crippen LogP contribution is 2.37. The molecule has 0 atom stereocenters. The SMILES string of the molecule is C=C(C)C(O)(C(=C)C)c1ccc(CN(Cc2ccc(C)o2)C2CC2)o1. The molecule has 3 rings (SSSR count). The first-order chi connectivity index (χ1) is 11.8. The Bertz CT molecular complexity index is 765. The van der Waals surface area contributed by atoms with Gasteiger partial charge in [-0.3, -0.25) is 4.90 Å². The lowest BCUT2D eigenvalue weighted by Crippen LogP contribution is -2.27. The van der Waals surface area contributed by atoms with Gasteiger partial charge in [-0.05, 0) is 69.0 Å². The van der Waals surface area contributed by atoms with E-state index in [1.165, 1.54) is 12.8 Å². The van der Waals surface area contributed by atoms with Crippen molar-refractivity contribution >= 4 is 0 Å². The van der Waals surface area contributed by atoms with Crippen LogP contribution in [0, 0.1) is 6.92 Å². The molecule has 4 nitrogen and oxygen atoms in total. The van der Waals surface area contributed by atoms with Crippen LogP contribution in [0.15, 0.2) is 57.4 Å². The molecule has 1 aliphatic carbocycles. The van der Waals surface area contributed by atoms with Gasteiger partial charge >= 0.3 is 0 Å². The molecule has 2 aromatic rings. The predicted octanol–water partition coefficient (Wildman–Crippen LogP) is 4.69. The van der Waals surface area contributed by atoms with Crippen LogP contribution in [0.4, 0.5) is 0 Å². The van der Waals surface area contributed by atoms with Crippen LogP contribution in [-0.2, 0) is 18.7 Å². The molecule has 0 amide bonds. The molecule has 1 fully saturated rings. The average molecular weight is 341 g/mol. The zero-order chi connectivity index (χ0) is 18.2. The lowest BCUT2D eigenvalue weighted by molar-refractivity contribution is 0.0873. The molecule has 0 unspecified atom stereocenters. The number of rotatable bonds is 8. The van der Waals surface area contributed by atoms with E-state index in [1.807, 2.05) is 31.2 Å². The molecule has 2 aromatic heterocycles. The Balaban J connectivity index is 1.77. The van der Waals surface area contributed by atoms with Gasteiger partial charge in [0.2, 0.25) is 0 Å². The Morgan fingerprint density at radius 2 is 1.64 bits per heavy atom. The van der Waals surface area contributed by atoms with E-state index in [1.54, 1.807) is 13.8 Å². The van der Waals surface area contributed by atoms with Gasteiger partial charge in [-0.25, -0.2) is 0 Å². The van der Waals surface area contributed by atoms with Crippen LogP contribution in [0.25, 0.3) is 0 Å². The van der Waals surface area contributed by atoms with E-state index >= 15 is 0 Å². The second-order valence-corrected chi connectivity index (χ2v) is 7.19. The second-order valence-electron chi connectivity index (χ2n) is 7.19. The monoisotopic (exact) mass is 341 g/mol. The quantitative estimate of drug-likeness (QED) is 0.708. The smallest absolute Gasteiger partial charge is 0.163 e. The summed E-state index contributed by atoms with van der Waals surface area (Å²) in [4.78, 5) is 2.36. The predicted molar refractivity (Wildman–Crippen MR) is 97.9 cm³/mol. The molecule has 1 saturated carbocycles. The fraction of sp³-hybridized carbons (Fsp3) is 0.429. The highest BCUT2D eigenvalue weighted by Gasteiger charge is 2.35. The minimum absolute atomic E-state index is 0.479. The summed E-state index contributed by atoms with van der Waals surface area (Å²) in [5.74, 6) is 3.20. The molecule has 0 radical (unpaired) electrons. The molecule has 1 aliphatic rings. The number of furan rings is 2. The fourth-order valence-electron chi connectivity index (χ4n) is 3.17. The van der Waals surface area contributed by atoms with Gasteiger partial charge in [0.1, 0.15) is 23.0 Å². The van der Waals surface area contributed by atoms with Crippen molar-refractivity contribution in [2.75, 3.05) is 0 Å². The topological polar surface area (TPSA) is 49.8 Å². The van der Waals surface area contributed by atoms with Crippen molar-refractivity contribution in [1.29, 1.82) is 0 Å². The Morgan fingerprint density at radius 1 is 1.08 bits per heavy atom. The third-order valence-electron chi connectivity index (χ3n) is 4.83. The van der Waals surface area contributed by atoms with Crippen LogP contribution in [0.1, 0.15) is 49.7 Å². The number of aryl methyl sites for hydroxylation is 1. The van der Waals surface area contributed by atoms with E-state index in [0.717, 1.165) is 23.8 Å². The first-order valence-corrected chi connectivity index (χ1v) is 8.73. The fourth-order valence-corrected chi connectivity index (χ4v) is 3.17. The molecular formula is C21H27NO3. The molecular weight excluding hydrogens is 314 g/mol. The third-order valence-corrected chi connectivity index (χ3v) is 4.83. The first-order valence-electron chi connectivity index (χ1n) is 8.73. The maximum atomic E-state index is 10.9. The van der Waals surface area contributed by atoms with Crippen molar-refractivity contribution < 1.29 is 13.9 Å². The van der Waals surface area contributed by atoms with Gasteiger partial charge in [-0.1, -0.05) is 13.2 Å². The highest BCUT2D eigenvalue weighted by atomic mass is 16.4. The molecule has 0 aliphatic heterocycles. The summed E-state index contributed by atoms with van der Waals surface area (Å²) in [7, 11) is 0. The van der Waals surface area contributed by atoms with Crippen LogP contribution < -0.4 is 0 Å². The molecule has 0 aromatic carbocycles. The van der Waals surface area contributed by atoms with E-state index in [0.29, 0.717) is 29.5 Å². The molecule has 0 spiro atoms. The summed E-state index contributed by atoms with van der Waals surface area (Å²) in [5.41, 5.74) is -0.113. The van der Waals surface area contributed by atoms with E-state index in [-0.39, 0.29) is 0 Å². The normalized spacial score (nSPS) is 14.9. The lowest BCUT2D eigenvalue weighted by Gasteiger charge is -2.27. The summed E-state index contributed by atoms with van der Waals surface area (Å²) in [6.07, 6.45) is 2.41. The van der Waals surface area contributed by atoms with Crippen LogP contribution in [0.5, 0.6) is 0 Å². The van der Waals surface area contributed by atoms with E-state index in [9.17, 15) is 5.11 Å². The molecule has 0 saturated heterocycles. The van der Waals surface area contributed by atoms with Crippen LogP contribution in [-0.4, -0.2) is 16.0 Å². The average Bonchev–Trinajstić information content (AvgIpc) is 3.16. The van der Waals surface area contributed by atoms with Crippen molar-refractivity contribution in [3.05, 3.63) is 71.6 Å². The molecule has 4 heteroatoms. The van der Waals surface area contributed by atoms with Crippen LogP contribution >= 0.6 is 0 Å². The summed E-state index contributed by atoms with van der Waals surface area (Å²) in [6.45, 7) is 14.8. The van der Waals surface area contributed by atoms with Gasteiger partial charge in [0.15, 0.2) is 5.60 Å². The summed E-state index contributed by atoms with van der Waals surface area (Å²) < 4.78 is 11.7. The largest absolute Gasteiger partial charge is 0.465 e. The zero-order valence-electron chi connectivity index (χ0n) is 15.3. The van der Waals surface area contributed by atoms with Gasteiger partial charge < -0.3 is 13.9 Å². The van der Waals surface area contributed by atoms with Gasteiger partial charge in [-0.15, -0.1) is 0 Å². The van der Waals surface area contributed by atoms with E-state index in [4.69, 9.17) is 8.83 Å². The van der Waals surface area contributed by atoms with Crippen molar-refractivity contribution in [2.45, 2.75) is 58.3 Å².